The van der Waals surface area contributed by atoms with Crippen molar-refractivity contribution in [3.8, 4) is 0 Å². The molecule has 0 aliphatic heterocycles. The van der Waals surface area contributed by atoms with Gasteiger partial charge in [-0.25, -0.2) is 22.0 Å². The van der Waals surface area contributed by atoms with Crippen molar-refractivity contribution >= 4 is 24.0 Å². The van der Waals surface area contributed by atoms with Crippen LogP contribution >= 0.6 is 24.0 Å². The first-order chi connectivity index (χ1) is 5.04. The number of rotatable bonds is 0. The predicted molar refractivity (Wildman–Crippen MR) is 41.6 cm³/mol. The van der Waals surface area contributed by atoms with Gasteiger partial charge in [-0.3, -0.25) is 0 Å². The van der Waals surface area contributed by atoms with Crippen LogP contribution in [0.25, 0.3) is 0 Å². The molecule has 0 heterocycles. The molecule has 0 unspecified atom stereocenters. The Hall–Kier alpha value is -0.400. The van der Waals surface area contributed by atoms with Crippen molar-refractivity contribution in [2.75, 3.05) is 0 Å². The highest BCUT2D eigenvalue weighted by Crippen LogP contribution is 2.16. The fourth-order valence-corrected chi connectivity index (χ4v) is 0.544. The Morgan fingerprint density at radius 2 is 1.00 bits per heavy atom. The molecule has 0 saturated heterocycles. The van der Waals surface area contributed by atoms with Gasteiger partial charge < -0.3 is 0 Å². The maximum atomic E-state index is 12.0. The highest BCUT2D eigenvalue weighted by atomic mass is 127. The zero-order chi connectivity index (χ0) is 8.59. The van der Waals surface area contributed by atoms with Gasteiger partial charge >= 0.3 is 0 Å². The molecule has 1 aromatic rings. The number of hydrogen-bond acceptors (Lipinski definition) is 0. The molecule has 0 aromatic heterocycles. The third kappa shape index (κ3) is 1.85. The lowest BCUT2D eigenvalue weighted by molar-refractivity contribution is 0.378. The molecule has 0 aliphatic rings. The summed E-state index contributed by atoms with van der Waals surface area (Å²) in [7, 11) is 0. The zero-order valence-electron chi connectivity index (χ0n) is 5.38. The topological polar surface area (TPSA) is 0 Å². The van der Waals surface area contributed by atoms with Crippen molar-refractivity contribution in [1.29, 1.82) is 0 Å². The van der Waals surface area contributed by atoms with Gasteiger partial charge in [0.15, 0.2) is 23.3 Å². The highest BCUT2D eigenvalue weighted by molar-refractivity contribution is 14.0. The van der Waals surface area contributed by atoms with E-state index in [0.29, 0.717) is 0 Å². The second kappa shape index (κ2) is 4.01. The van der Waals surface area contributed by atoms with Crippen molar-refractivity contribution in [2.45, 2.75) is 0 Å². The largest absolute Gasteiger partial charge is 0.204 e. The first-order valence-electron chi connectivity index (χ1n) is 2.52. The van der Waals surface area contributed by atoms with E-state index in [1.54, 1.807) is 0 Å². The number of hydrogen-bond donors (Lipinski definition) is 0. The molecule has 1 rings (SSSR count). The SMILES string of the molecule is Fc1cc(F)c(F)c(F)c1F.I. The highest BCUT2D eigenvalue weighted by Gasteiger charge is 2.18. The molecule has 0 nitrogen and oxygen atoms in total. The molecule has 0 amide bonds. The standard InChI is InChI=1S/C6HF5.HI/c7-2-1-3(8)5(10)6(11)4(2)9;/h1H;1H. The molecule has 0 fully saturated rings. The third-order valence-electron chi connectivity index (χ3n) is 1.06. The summed E-state index contributed by atoms with van der Waals surface area (Å²) >= 11 is 0. The van der Waals surface area contributed by atoms with Crippen molar-refractivity contribution in [3.05, 3.63) is 35.2 Å². The fourth-order valence-electron chi connectivity index (χ4n) is 0.544. The van der Waals surface area contributed by atoms with E-state index < -0.39 is 29.1 Å². The third-order valence-corrected chi connectivity index (χ3v) is 1.06. The lowest BCUT2D eigenvalue weighted by Crippen LogP contribution is -1.98. The van der Waals surface area contributed by atoms with Crippen molar-refractivity contribution < 1.29 is 22.0 Å². The molecule has 1 aromatic carbocycles. The van der Waals surface area contributed by atoms with Gasteiger partial charge in [-0.2, -0.15) is 0 Å². The lowest BCUT2D eigenvalue weighted by atomic mass is 10.3. The van der Waals surface area contributed by atoms with Gasteiger partial charge in [-0.15, -0.1) is 24.0 Å². The van der Waals surface area contributed by atoms with Crippen LogP contribution in [0, 0.1) is 29.1 Å². The summed E-state index contributed by atoms with van der Waals surface area (Å²) in [5, 5.41) is 0. The van der Waals surface area contributed by atoms with Crippen LogP contribution in [0.1, 0.15) is 0 Å². The van der Waals surface area contributed by atoms with Crippen molar-refractivity contribution in [2.24, 2.45) is 0 Å². The van der Waals surface area contributed by atoms with E-state index in [9.17, 15) is 22.0 Å². The summed E-state index contributed by atoms with van der Waals surface area (Å²) in [4.78, 5) is 0. The average Bonchev–Trinajstić information content (AvgIpc) is 1.97. The van der Waals surface area contributed by atoms with Gasteiger partial charge in [0, 0.05) is 6.07 Å². The second-order valence-corrected chi connectivity index (χ2v) is 1.78. The Morgan fingerprint density at radius 3 is 1.33 bits per heavy atom. The number of halogens is 6. The van der Waals surface area contributed by atoms with Gasteiger partial charge in [0.2, 0.25) is 5.82 Å². The normalized spacial score (nSPS) is 9.42. The Balaban J connectivity index is 0.00000121. The van der Waals surface area contributed by atoms with Gasteiger partial charge in [0.05, 0.1) is 0 Å². The van der Waals surface area contributed by atoms with Crippen molar-refractivity contribution in [3.63, 3.8) is 0 Å². The summed E-state index contributed by atoms with van der Waals surface area (Å²) in [6.45, 7) is 0. The molecular formula is C6H2F5I. The lowest BCUT2D eigenvalue weighted by Gasteiger charge is -1.96. The first kappa shape index (κ1) is 11.6. The van der Waals surface area contributed by atoms with Crippen LogP contribution in [0.15, 0.2) is 6.07 Å². The molecule has 68 valence electrons. The monoisotopic (exact) mass is 296 g/mol. The summed E-state index contributed by atoms with van der Waals surface area (Å²) in [6, 6.07) is -0.0618. The minimum atomic E-state index is -2.14. The molecule has 0 radical (unpaired) electrons. The van der Waals surface area contributed by atoms with Gasteiger partial charge in [0.25, 0.3) is 0 Å². The quantitative estimate of drug-likeness (QED) is 0.299. The number of benzene rings is 1. The summed E-state index contributed by atoms with van der Waals surface area (Å²) < 4.78 is 60.0. The Morgan fingerprint density at radius 1 is 0.667 bits per heavy atom. The van der Waals surface area contributed by atoms with E-state index in [2.05, 4.69) is 0 Å². The molecule has 0 N–H and O–H groups in total. The molecule has 0 aliphatic carbocycles. The summed E-state index contributed by atoms with van der Waals surface area (Å²) in [5.41, 5.74) is 0. The molecule has 0 spiro atoms. The molecule has 0 atom stereocenters. The van der Waals surface area contributed by atoms with Crippen LogP contribution in [-0.4, -0.2) is 0 Å². The van der Waals surface area contributed by atoms with Gasteiger partial charge in [0.1, 0.15) is 0 Å². The van der Waals surface area contributed by atoms with E-state index >= 15 is 0 Å². The first-order valence-corrected chi connectivity index (χ1v) is 2.52. The zero-order valence-corrected chi connectivity index (χ0v) is 7.71. The van der Waals surface area contributed by atoms with Crippen LogP contribution < -0.4 is 0 Å². The van der Waals surface area contributed by atoms with Crippen LogP contribution in [0.3, 0.4) is 0 Å². The van der Waals surface area contributed by atoms with Gasteiger partial charge in [-0.1, -0.05) is 0 Å². The van der Waals surface area contributed by atoms with Crippen LogP contribution in [0.4, 0.5) is 22.0 Å². The van der Waals surface area contributed by atoms with E-state index in [1.165, 1.54) is 0 Å². The van der Waals surface area contributed by atoms with E-state index in [0.717, 1.165) is 0 Å². The molecule has 0 saturated carbocycles. The summed E-state index contributed by atoms with van der Waals surface area (Å²) in [6.07, 6.45) is 0. The molecule has 12 heavy (non-hydrogen) atoms. The average molecular weight is 296 g/mol. The van der Waals surface area contributed by atoms with Crippen LogP contribution in [0.2, 0.25) is 0 Å². The maximum absolute atomic E-state index is 12.0. The predicted octanol–water partition coefficient (Wildman–Crippen LogP) is 3.00. The summed E-state index contributed by atoms with van der Waals surface area (Å²) in [5.74, 6) is -9.65. The van der Waals surface area contributed by atoms with Gasteiger partial charge in [-0.05, 0) is 0 Å². The fraction of sp³-hybridized carbons (Fsp3) is 0. The Labute approximate surface area is 81.4 Å². The van der Waals surface area contributed by atoms with Crippen molar-refractivity contribution in [1.82, 2.24) is 0 Å². The molecule has 0 bridgehead atoms. The minimum Gasteiger partial charge on any atom is -0.204 e. The van der Waals surface area contributed by atoms with E-state index in [-0.39, 0.29) is 30.0 Å². The second-order valence-electron chi connectivity index (χ2n) is 1.78. The minimum absolute atomic E-state index is 0. The van der Waals surface area contributed by atoms with Crippen LogP contribution in [0.5, 0.6) is 0 Å². The Kier molecular flexibility index (Phi) is 3.88. The smallest absolute Gasteiger partial charge is 0.200 e. The van der Waals surface area contributed by atoms with Crippen LogP contribution in [-0.2, 0) is 0 Å². The molecular weight excluding hydrogens is 294 g/mol. The molecule has 6 heteroatoms. The van der Waals surface area contributed by atoms with E-state index in [4.69, 9.17) is 0 Å². The Bertz CT molecular complexity index is 272. The maximum Gasteiger partial charge on any atom is 0.200 e. The van der Waals surface area contributed by atoms with E-state index in [1.807, 2.05) is 0 Å².